The van der Waals surface area contributed by atoms with Crippen LogP contribution in [-0.4, -0.2) is 12.6 Å². The molecule has 1 aromatic rings. The van der Waals surface area contributed by atoms with Crippen molar-refractivity contribution in [1.82, 2.24) is 0 Å². The molecule has 1 aliphatic heterocycles. The van der Waals surface area contributed by atoms with Gasteiger partial charge in [0.2, 0.25) is 6.79 Å². The van der Waals surface area contributed by atoms with Crippen LogP contribution in [0.3, 0.4) is 0 Å². The molecule has 0 spiro atoms. The molecule has 72 valence electrons. The second-order valence-electron chi connectivity index (χ2n) is 3.71. The van der Waals surface area contributed by atoms with Crippen LogP contribution in [0, 0.1) is 5.92 Å². The molecule has 0 aromatic heterocycles. The molecule has 0 radical (unpaired) electrons. The fourth-order valence-electron chi connectivity index (χ4n) is 1.63. The summed E-state index contributed by atoms with van der Waals surface area (Å²) >= 11 is 0. The van der Waals surface area contributed by atoms with Gasteiger partial charge in [-0.05, 0) is 31.0 Å². The van der Waals surface area contributed by atoms with Gasteiger partial charge in [0, 0.05) is 11.5 Å². The number of ketones is 1. The average molecular weight is 190 g/mol. The van der Waals surface area contributed by atoms with Gasteiger partial charge in [-0.15, -0.1) is 0 Å². The molecule has 0 N–H and O–H groups in total. The molecule has 0 bridgehead atoms. The highest BCUT2D eigenvalue weighted by atomic mass is 16.7. The Kier molecular flexibility index (Phi) is 1.54. The molecule has 1 aromatic carbocycles. The zero-order chi connectivity index (χ0) is 9.54. The van der Waals surface area contributed by atoms with E-state index >= 15 is 0 Å². The van der Waals surface area contributed by atoms with Crippen molar-refractivity contribution in [3.63, 3.8) is 0 Å². The van der Waals surface area contributed by atoms with E-state index < -0.39 is 0 Å². The molecule has 3 rings (SSSR count). The quantitative estimate of drug-likeness (QED) is 0.669. The zero-order valence-corrected chi connectivity index (χ0v) is 7.66. The minimum atomic E-state index is 0.239. The Labute approximate surface area is 81.6 Å². The van der Waals surface area contributed by atoms with Crippen LogP contribution < -0.4 is 9.47 Å². The van der Waals surface area contributed by atoms with Crippen molar-refractivity contribution >= 4 is 5.78 Å². The zero-order valence-electron chi connectivity index (χ0n) is 7.66. The average Bonchev–Trinajstić information content (AvgIpc) is 2.95. The summed E-state index contributed by atoms with van der Waals surface area (Å²) in [4.78, 5) is 11.7. The van der Waals surface area contributed by atoms with Crippen LogP contribution in [0.25, 0.3) is 0 Å². The second kappa shape index (κ2) is 2.74. The number of rotatable bonds is 2. The molecular formula is C11H10O3. The number of benzene rings is 1. The molecule has 2 aliphatic rings. The maximum atomic E-state index is 11.7. The van der Waals surface area contributed by atoms with Gasteiger partial charge in [0.1, 0.15) is 0 Å². The lowest BCUT2D eigenvalue weighted by atomic mass is 10.1. The molecule has 1 heterocycles. The highest BCUT2D eigenvalue weighted by molar-refractivity contribution is 5.99. The highest BCUT2D eigenvalue weighted by Crippen LogP contribution is 2.37. The van der Waals surface area contributed by atoms with Crippen LogP contribution in [0.1, 0.15) is 23.2 Å². The topological polar surface area (TPSA) is 35.5 Å². The highest BCUT2D eigenvalue weighted by Gasteiger charge is 2.31. The number of carbonyl (C=O) groups is 1. The van der Waals surface area contributed by atoms with Crippen LogP contribution in [0.5, 0.6) is 11.5 Å². The maximum Gasteiger partial charge on any atom is 0.231 e. The van der Waals surface area contributed by atoms with Gasteiger partial charge in [0.25, 0.3) is 0 Å². The third-order valence-corrected chi connectivity index (χ3v) is 2.61. The van der Waals surface area contributed by atoms with Crippen molar-refractivity contribution in [2.45, 2.75) is 12.8 Å². The summed E-state index contributed by atoms with van der Waals surface area (Å²) in [6, 6.07) is 5.40. The van der Waals surface area contributed by atoms with E-state index in [-0.39, 0.29) is 18.5 Å². The van der Waals surface area contributed by atoms with Gasteiger partial charge in [-0.25, -0.2) is 0 Å². The minimum Gasteiger partial charge on any atom is -0.454 e. The largest absolute Gasteiger partial charge is 0.454 e. The van der Waals surface area contributed by atoms with Gasteiger partial charge in [-0.2, -0.15) is 0 Å². The lowest BCUT2D eigenvalue weighted by Crippen LogP contribution is -2.00. The molecule has 14 heavy (non-hydrogen) atoms. The first-order chi connectivity index (χ1) is 6.84. The molecule has 3 heteroatoms. The van der Waals surface area contributed by atoms with Gasteiger partial charge in [0.15, 0.2) is 17.3 Å². The van der Waals surface area contributed by atoms with Gasteiger partial charge in [-0.3, -0.25) is 4.79 Å². The van der Waals surface area contributed by atoms with E-state index in [1.165, 1.54) is 0 Å². The molecular weight excluding hydrogens is 180 g/mol. The van der Waals surface area contributed by atoms with E-state index in [9.17, 15) is 4.79 Å². The van der Waals surface area contributed by atoms with Crippen molar-refractivity contribution in [1.29, 1.82) is 0 Å². The lowest BCUT2D eigenvalue weighted by Gasteiger charge is -2.00. The molecule has 0 unspecified atom stereocenters. The summed E-state index contributed by atoms with van der Waals surface area (Å²) in [5, 5.41) is 0. The Bertz CT molecular complexity index is 394. The van der Waals surface area contributed by atoms with Crippen molar-refractivity contribution in [2.75, 3.05) is 6.79 Å². The van der Waals surface area contributed by atoms with Crippen molar-refractivity contribution in [3.05, 3.63) is 23.8 Å². The third kappa shape index (κ3) is 1.16. The standard InChI is InChI=1S/C11H10O3/c12-11(7-1-2-7)8-3-4-9-10(5-8)14-6-13-9/h3-5,7H,1-2,6H2. The van der Waals surface area contributed by atoms with E-state index in [0.717, 1.165) is 24.2 Å². The number of carbonyl (C=O) groups excluding carboxylic acids is 1. The summed E-state index contributed by atoms with van der Waals surface area (Å²) in [7, 11) is 0. The number of Topliss-reactive ketones (excluding diaryl/α,β-unsaturated/α-hetero) is 1. The smallest absolute Gasteiger partial charge is 0.231 e. The van der Waals surface area contributed by atoms with Gasteiger partial charge in [0.05, 0.1) is 0 Å². The minimum absolute atomic E-state index is 0.239. The molecule has 3 nitrogen and oxygen atoms in total. The fraction of sp³-hybridized carbons (Fsp3) is 0.364. The first-order valence-electron chi connectivity index (χ1n) is 4.78. The van der Waals surface area contributed by atoms with Gasteiger partial charge < -0.3 is 9.47 Å². The SMILES string of the molecule is O=C(c1ccc2c(c1)OCO2)C1CC1. The molecule has 1 fully saturated rings. The van der Waals surface area contributed by atoms with Crippen LogP contribution in [0.15, 0.2) is 18.2 Å². The first-order valence-corrected chi connectivity index (χ1v) is 4.78. The Morgan fingerprint density at radius 3 is 2.79 bits per heavy atom. The predicted octanol–water partition coefficient (Wildman–Crippen LogP) is 2.01. The van der Waals surface area contributed by atoms with E-state index in [1.807, 2.05) is 6.07 Å². The third-order valence-electron chi connectivity index (χ3n) is 2.61. The number of ether oxygens (including phenoxy) is 2. The second-order valence-corrected chi connectivity index (χ2v) is 3.71. The van der Waals surface area contributed by atoms with E-state index in [2.05, 4.69) is 0 Å². The number of hydrogen-bond donors (Lipinski definition) is 0. The molecule has 0 amide bonds. The molecule has 1 saturated carbocycles. The summed E-state index contributed by atoms with van der Waals surface area (Å²) in [5.41, 5.74) is 0.747. The van der Waals surface area contributed by atoms with Crippen LogP contribution in [-0.2, 0) is 0 Å². The van der Waals surface area contributed by atoms with Crippen molar-refractivity contribution in [3.8, 4) is 11.5 Å². The Hall–Kier alpha value is -1.51. The Morgan fingerprint density at radius 1 is 1.21 bits per heavy atom. The summed E-state index contributed by atoms with van der Waals surface area (Å²) in [6.07, 6.45) is 2.07. The van der Waals surface area contributed by atoms with Crippen LogP contribution in [0.4, 0.5) is 0 Å². The van der Waals surface area contributed by atoms with Crippen molar-refractivity contribution < 1.29 is 14.3 Å². The summed E-state index contributed by atoms with van der Waals surface area (Å²) in [5.74, 6) is 1.92. The molecule has 1 aliphatic carbocycles. The number of fused-ring (bicyclic) bond motifs is 1. The van der Waals surface area contributed by atoms with Gasteiger partial charge >= 0.3 is 0 Å². The molecule has 0 saturated heterocycles. The van der Waals surface area contributed by atoms with Crippen LogP contribution in [0.2, 0.25) is 0 Å². The normalized spacial score (nSPS) is 18.3. The monoisotopic (exact) mass is 190 g/mol. The van der Waals surface area contributed by atoms with Crippen molar-refractivity contribution in [2.24, 2.45) is 5.92 Å². The van der Waals surface area contributed by atoms with E-state index in [1.54, 1.807) is 12.1 Å². The summed E-state index contributed by atoms with van der Waals surface area (Å²) < 4.78 is 10.4. The Morgan fingerprint density at radius 2 is 2.00 bits per heavy atom. The fourth-order valence-corrected chi connectivity index (χ4v) is 1.63. The maximum absolute atomic E-state index is 11.7. The van der Waals surface area contributed by atoms with E-state index in [4.69, 9.17) is 9.47 Å². The lowest BCUT2D eigenvalue weighted by molar-refractivity contribution is 0.0967. The predicted molar refractivity (Wildman–Crippen MR) is 49.6 cm³/mol. The van der Waals surface area contributed by atoms with Crippen LogP contribution >= 0.6 is 0 Å². The first kappa shape index (κ1) is 7.85. The summed E-state index contributed by atoms with van der Waals surface area (Å²) in [6.45, 7) is 0.260. The van der Waals surface area contributed by atoms with Gasteiger partial charge in [-0.1, -0.05) is 0 Å². The van der Waals surface area contributed by atoms with E-state index in [0.29, 0.717) is 5.75 Å². The molecule has 0 atom stereocenters. The Balaban J connectivity index is 1.95. The number of hydrogen-bond acceptors (Lipinski definition) is 3.